The number of hydrogen-bond donors (Lipinski definition) is 0. The molecule has 136 valence electrons. The molecule has 5 nitrogen and oxygen atoms in total. The highest BCUT2D eigenvalue weighted by molar-refractivity contribution is 7.99. The van der Waals surface area contributed by atoms with Gasteiger partial charge in [-0.1, -0.05) is 30.8 Å². The standard InChI is InChI=1S/C20H22N2O3S/c1-3-15(23)14-22-19-7-5-4-6-18(19)21-20(22)26-13-12-25-17-10-8-16(24-2)9-11-17/h4-11H,3,12-14H2,1-2H3. The number of para-hydroxylation sites is 2. The molecule has 1 heterocycles. The number of thioether (sulfide) groups is 1. The van der Waals surface area contributed by atoms with Gasteiger partial charge in [0, 0.05) is 12.2 Å². The summed E-state index contributed by atoms with van der Waals surface area (Å²) >= 11 is 1.60. The number of ketones is 1. The first kappa shape index (κ1) is 18.3. The van der Waals surface area contributed by atoms with Crippen molar-refractivity contribution in [1.82, 2.24) is 9.55 Å². The Bertz CT molecular complexity index is 874. The van der Waals surface area contributed by atoms with E-state index in [9.17, 15) is 4.79 Å². The number of hydrogen-bond acceptors (Lipinski definition) is 5. The lowest BCUT2D eigenvalue weighted by Crippen LogP contribution is -2.10. The maximum Gasteiger partial charge on any atom is 0.169 e. The SMILES string of the molecule is CCC(=O)Cn1c(SCCOc2ccc(OC)cc2)nc2ccccc21. The largest absolute Gasteiger partial charge is 0.497 e. The van der Waals surface area contributed by atoms with Crippen LogP contribution >= 0.6 is 11.8 Å². The van der Waals surface area contributed by atoms with Crippen LogP contribution in [-0.4, -0.2) is 34.8 Å². The van der Waals surface area contributed by atoms with Gasteiger partial charge in [0.1, 0.15) is 11.5 Å². The number of carbonyl (C=O) groups excluding carboxylic acids is 1. The van der Waals surface area contributed by atoms with Gasteiger partial charge in [0.25, 0.3) is 0 Å². The average molecular weight is 370 g/mol. The van der Waals surface area contributed by atoms with Crippen molar-refractivity contribution in [3.8, 4) is 11.5 Å². The predicted octanol–water partition coefficient (Wildman–Crippen LogP) is 4.20. The van der Waals surface area contributed by atoms with Gasteiger partial charge >= 0.3 is 0 Å². The van der Waals surface area contributed by atoms with Crippen LogP contribution < -0.4 is 9.47 Å². The van der Waals surface area contributed by atoms with Crippen LogP contribution in [0, 0.1) is 0 Å². The number of imidazole rings is 1. The minimum absolute atomic E-state index is 0.199. The van der Waals surface area contributed by atoms with Crippen LogP contribution in [0.15, 0.2) is 53.7 Å². The topological polar surface area (TPSA) is 53.4 Å². The summed E-state index contributed by atoms with van der Waals surface area (Å²) in [6, 6.07) is 15.4. The number of nitrogens with zero attached hydrogens (tertiary/aromatic N) is 2. The van der Waals surface area contributed by atoms with E-state index in [4.69, 9.17) is 9.47 Å². The molecule has 0 spiro atoms. The highest BCUT2D eigenvalue weighted by Gasteiger charge is 2.13. The van der Waals surface area contributed by atoms with E-state index >= 15 is 0 Å². The summed E-state index contributed by atoms with van der Waals surface area (Å²) < 4.78 is 12.9. The fourth-order valence-electron chi connectivity index (χ4n) is 2.57. The van der Waals surface area contributed by atoms with E-state index in [1.165, 1.54) is 0 Å². The number of carbonyl (C=O) groups is 1. The molecule has 0 unspecified atom stereocenters. The van der Waals surface area contributed by atoms with Gasteiger partial charge in [-0.05, 0) is 36.4 Å². The molecule has 0 N–H and O–H groups in total. The van der Waals surface area contributed by atoms with Crippen LogP contribution in [0.4, 0.5) is 0 Å². The highest BCUT2D eigenvalue weighted by atomic mass is 32.2. The molecule has 0 aliphatic heterocycles. The summed E-state index contributed by atoms with van der Waals surface area (Å²) in [5.74, 6) is 2.56. The van der Waals surface area contributed by atoms with Gasteiger partial charge in [-0.3, -0.25) is 4.79 Å². The molecule has 26 heavy (non-hydrogen) atoms. The summed E-state index contributed by atoms with van der Waals surface area (Å²) in [5, 5.41) is 0.853. The van der Waals surface area contributed by atoms with E-state index in [1.54, 1.807) is 18.9 Å². The number of benzene rings is 2. The van der Waals surface area contributed by atoms with E-state index in [0.29, 0.717) is 19.6 Å². The lowest BCUT2D eigenvalue weighted by Gasteiger charge is -2.09. The summed E-state index contributed by atoms with van der Waals surface area (Å²) in [4.78, 5) is 16.6. The molecule has 3 aromatic rings. The molecule has 0 amide bonds. The molecule has 6 heteroatoms. The van der Waals surface area contributed by atoms with E-state index in [-0.39, 0.29) is 5.78 Å². The van der Waals surface area contributed by atoms with Gasteiger partial charge in [-0.2, -0.15) is 0 Å². The Labute approximate surface area is 157 Å². The molecular formula is C20H22N2O3S. The van der Waals surface area contributed by atoms with E-state index in [0.717, 1.165) is 33.4 Å². The Morgan fingerprint density at radius 2 is 1.85 bits per heavy atom. The molecular weight excluding hydrogens is 348 g/mol. The van der Waals surface area contributed by atoms with Crippen molar-refractivity contribution in [2.24, 2.45) is 0 Å². The lowest BCUT2D eigenvalue weighted by atomic mass is 10.3. The molecule has 0 aliphatic rings. The van der Waals surface area contributed by atoms with Crippen LogP contribution in [0.5, 0.6) is 11.5 Å². The monoisotopic (exact) mass is 370 g/mol. The van der Waals surface area contributed by atoms with Crippen molar-refractivity contribution in [1.29, 1.82) is 0 Å². The third kappa shape index (κ3) is 4.38. The normalized spacial score (nSPS) is 10.8. The summed E-state index contributed by atoms with van der Waals surface area (Å²) in [6.45, 7) is 2.80. The van der Waals surface area contributed by atoms with Gasteiger partial charge in [0.15, 0.2) is 10.9 Å². The number of aromatic nitrogens is 2. The van der Waals surface area contributed by atoms with Crippen molar-refractivity contribution in [3.63, 3.8) is 0 Å². The third-order valence-corrected chi connectivity index (χ3v) is 4.93. The maximum absolute atomic E-state index is 11.9. The first-order valence-corrected chi connectivity index (χ1v) is 9.56. The number of Topliss-reactive ketones (excluding diaryl/α,β-unsaturated/α-hetero) is 1. The number of rotatable bonds is 9. The molecule has 3 rings (SSSR count). The zero-order valence-electron chi connectivity index (χ0n) is 15.0. The number of fused-ring (bicyclic) bond motifs is 1. The average Bonchev–Trinajstić information content (AvgIpc) is 3.03. The Hall–Kier alpha value is -2.47. The zero-order chi connectivity index (χ0) is 18.4. The predicted molar refractivity (Wildman–Crippen MR) is 104 cm³/mol. The summed E-state index contributed by atoms with van der Waals surface area (Å²) in [6.07, 6.45) is 0.525. The van der Waals surface area contributed by atoms with Crippen LogP contribution in [-0.2, 0) is 11.3 Å². The summed E-state index contributed by atoms with van der Waals surface area (Å²) in [7, 11) is 1.64. The minimum Gasteiger partial charge on any atom is -0.497 e. The molecule has 0 radical (unpaired) electrons. The maximum atomic E-state index is 11.9. The second-order valence-electron chi connectivity index (χ2n) is 5.73. The molecule has 0 bridgehead atoms. The molecule has 0 atom stereocenters. The van der Waals surface area contributed by atoms with E-state index in [1.807, 2.05) is 60.0 Å². The fraction of sp³-hybridized carbons (Fsp3) is 0.300. The second kappa shape index (κ2) is 8.76. The van der Waals surface area contributed by atoms with Crippen molar-refractivity contribution in [2.45, 2.75) is 25.0 Å². The Morgan fingerprint density at radius 3 is 2.58 bits per heavy atom. The van der Waals surface area contributed by atoms with Crippen molar-refractivity contribution < 1.29 is 14.3 Å². The molecule has 0 saturated carbocycles. The van der Waals surface area contributed by atoms with Crippen molar-refractivity contribution >= 4 is 28.6 Å². The van der Waals surface area contributed by atoms with Crippen molar-refractivity contribution in [3.05, 3.63) is 48.5 Å². The molecule has 0 saturated heterocycles. The van der Waals surface area contributed by atoms with Crippen LogP contribution in [0.3, 0.4) is 0 Å². The molecule has 0 fully saturated rings. The summed E-state index contributed by atoms with van der Waals surface area (Å²) in [5.41, 5.74) is 1.91. The van der Waals surface area contributed by atoms with Crippen LogP contribution in [0.2, 0.25) is 0 Å². The van der Waals surface area contributed by atoms with Crippen molar-refractivity contribution in [2.75, 3.05) is 19.5 Å². The van der Waals surface area contributed by atoms with Gasteiger partial charge in [0.2, 0.25) is 0 Å². The molecule has 2 aromatic carbocycles. The molecule has 0 aliphatic carbocycles. The zero-order valence-corrected chi connectivity index (χ0v) is 15.8. The fourth-order valence-corrected chi connectivity index (χ4v) is 3.40. The van der Waals surface area contributed by atoms with Gasteiger partial charge in [-0.15, -0.1) is 0 Å². The smallest absolute Gasteiger partial charge is 0.169 e. The van der Waals surface area contributed by atoms with Gasteiger partial charge < -0.3 is 14.0 Å². The van der Waals surface area contributed by atoms with E-state index in [2.05, 4.69) is 4.98 Å². The Kier molecular flexibility index (Phi) is 6.17. The number of methoxy groups -OCH3 is 1. The highest BCUT2D eigenvalue weighted by Crippen LogP contribution is 2.24. The van der Waals surface area contributed by atoms with Crippen LogP contribution in [0.25, 0.3) is 11.0 Å². The van der Waals surface area contributed by atoms with Crippen LogP contribution in [0.1, 0.15) is 13.3 Å². The number of ether oxygens (including phenoxy) is 2. The first-order chi connectivity index (χ1) is 12.7. The Morgan fingerprint density at radius 1 is 1.12 bits per heavy atom. The quantitative estimate of drug-likeness (QED) is 0.417. The minimum atomic E-state index is 0.199. The molecule has 1 aromatic heterocycles. The van der Waals surface area contributed by atoms with Gasteiger partial charge in [-0.25, -0.2) is 4.98 Å². The van der Waals surface area contributed by atoms with E-state index < -0.39 is 0 Å². The van der Waals surface area contributed by atoms with Gasteiger partial charge in [0.05, 0.1) is 31.3 Å². The second-order valence-corrected chi connectivity index (χ2v) is 6.80. The third-order valence-electron chi connectivity index (χ3n) is 3.99. The lowest BCUT2D eigenvalue weighted by molar-refractivity contribution is -0.119. The first-order valence-electron chi connectivity index (χ1n) is 8.58. The Balaban J connectivity index is 1.64.